The number of hydrogen-bond donors (Lipinski definition) is 1. The molecular formula is C7H8ClN2P. The van der Waals surface area contributed by atoms with Gasteiger partial charge in [0.25, 0.3) is 0 Å². The molecule has 0 aliphatic rings. The quantitative estimate of drug-likeness (QED) is 0.525. The molecule has 1 heterocycles. The first-order chi connectivity index (χ1) is 5.13. The third-order valence-corrected chi connectivity index (χ3v) is 2.06. The monoisotopic (exact) mass is 186 g/mol. The lowest BCUT2D eigenvalue weighted by Crippen LogP contribution is -2.10. The molecule has 0 radical (unpaired) electrons. The Bertz CT molecular complexity index is 278. The van der Waals surface area contributed by atoms with Gasteiger partial charge in [-0.3, -0.25) is 4.98 Å². The van der Waals surface area contributed by atoms with Crippen molar-refractivity contribution < 1.29 is 0 Å². The van der Waals surface area contributed by atoms with Gasteiger partial charge in [-0.05, 0) is 13.0 Å². The van der Waals surface area contributed by atoms with Crippen LogP contribution in [-0.2, 0) is 0 Å². The van der Waals surface area contributed by atoms with Crippen LogP contribution in [0.1, 0.15) is 12.5 Å². The fourth-order valence-corrected chi connectivity index (χ4v) is 1.67. The van der Waals surface area contributed by atoms with E-state index in [-0.39, 0.29) is 0 Å². The standard InChI is InChI=1S/C7H8ClN2P/c1-4(9)6-5(8)2-3-10-7(6)11/h2-3,9H,11H2,1H3. The topological polar surface area (TPSA) is 36.7 Å². The summed E-state index contributed by atoms with van der Waals surface area (Å²) in [4.78, 5) is 4.00. The Balaban J connectivity index is 3.32. The number of aromatic nitrogens is 1. The third-order valence-electron chi connectivity index (χ3n) is 1.30. The summed E-state index contributed by atoms with van der Waals surface area (Å²) in [5.74, 6) is 0. The molecule has 0 aliphatic heterocycles. The van der Waals surface area contributed by atoms with Gasteiger partial charge in [-0.15, -0.1) is 0 Å². The third kappa shape index (κ3) is 1.76. The molecule has 1 aromatic heterocycles. The van der Waals surface area contributed by atoms with Crippen molar-refractivity contribution in [3.05, 3.63) is 22.8 Å². The molecule has 1 rings (SSSR count). The van der Waals surface area contributed by atoms with E-state index >= 15 is 0 Å². The summed E-state index contributed by atoms with van der Waals surface area (Å²) in [6, 6.07) is 1.68. The van der Waals surface area contributed by atoms with E-state index in [0.717, 1.165) is 5.44 Å². The predicted molar refractivity (Wildman–Crippen MR) is 51.1 cm³/mol. The Morgan fingerprint density at radius 1 is 1.73 bits per heavy atom. The Labute approximate surface area is 72.7 Å². The van der Waals surface area contributed by atoms with E-state index in [1.54, 1.807) is 19.2 Å². The van der Waals surface area contributed by atoms with Crippen LogP contribution in [-0.4, -0.2) is 10.7 Å². The molecule has 1 aromatic rings. The first-order valence-electron chi connectivity index (χ1n) is 3.08. The van der Waals surface area contributed by atoms with E-state index < -0.39 is 0 Å². The molecule has 0 bridgehead atoms. The Morgan fingerprint density at radius 2 is 2.36 bits per heavy atom. The van der Waals surface area contributed by atoms with Crippen LogP contribution in [0.15, 0.2) is 12.3 Å². The molecular weight excluding hydrogens is 179 g/mol. The average molecular weight is 187 g/mol. The van der Waals surface area contributed by atoms with Crippen LogP contribution in [0.4, 0.5) is 0 Å². The minimum absolute atomic E-state index is 0.438. The summed E-state index contributed by atoms with van der Waals surface area (Å²) in [7, 11) is 2.45. The Hall–Kier alpha value is -0.460. The van der Waals surface area contributed by atoms with Crippen LogP contribution in [0.2, 0.25) is 5.02 Å². The minimum Gasteiger partial charge on any atom is -0.305 e. The second-order valence-electron chi connectivity index (χ2n) is 2.18. The molecule has 1 N–H and O–H groups in total. The summed E-state index contributed by atoms with van der Waals surface area (Å²) in [6.07, 6.45) is 1.62. The normalized spacial score (nSPS) is 9.73. The van der Waals surface area contributed by atoms with Crippen LogP contribution in [0.25, 0.3) is 0 Å². The van der Waals surface area contributed by atoms with Crippen LogP contribution < -0.4 is 5.44 Å². The molecule has 1 unspecified atom stereocenters. The van der Waals surface area contributed by atoms with Crippen molar-refractivity contribution >= 4 is 32.0 Å². The van der Waals surface area contributed by atoms with Gasteiger partial charge in [0, 0.05) is 17.5 Å². The molecule has 0 amide bonds. The Morgan fingerprint density at radius 3 is 2.73 bits per heavy atom. The van der Waals surface area contributed by atoms with Crippen LogP contribution >= 0.6 is 20.8 Å². The van der Waals surface area contributed by atoms with Crippen molar-refractivity contribution in [2.75, 3.05) is 0 Å². The van der Waals surface area contributed by atoms with Crippen molar-refractivity contribution in [1.29, 1.82) is 5.41 Å². The zero-order chi connectivity index (χ0) is 8.43. The lowest BCUT2D eigenvalue weighted by molar-refractivity contribution is 1.36. The fourth-order valence-electron chi connectivity index (χ4n) is 0.824. The predicted octanol–water partition coefficient (Wildman–Crippen LogP) is 1.62. The van der Waals surface area contributed by atoms with Crippen molar-refractivity contribution in [3.8, 4) is 0 Å². The molecule has 58 valence electrons. The average Bonchev–Trinajstić information content (AvgIpc) is 1.85. The molecule has 0 saturated carbocycles. The lowest BCUT2D eigenvalue weighted by Gasteiger charge is -2.03. The Kier molecular flexibility index (Phi) is 2.58. The van der Waals surface area contributed by atoms with Crippen molar-refractivity contribution in [3.63, 3.8) is 0 Å². The maximum absolute atomic E-state index is 7.38. The largest absolute Gasteiger partial charge is 0.305 e. The van der Waals surface area contributed by atoms with Gasteiger partial charge < -0.3 is 5.41 Å². The van der Waals surface area contributed by atoms with Gasteiger partial charge in [-0.25, -0.2) is 0 Å². The number of rotatable bonds is 1. The van der Waals surface area contributed by atoms with Crippen molar-refractivity contribution in [1.82, 2.24) is 4.98 Å². The highest BCUT2D eigenvalue weighted by Gasteiger charge is 2.05. The SMILES string of the molecule is CC(=N)c1c(Cl)ccnc1P. The summed E-state index contributed by atoms with van der Waals surface area (Å²) in [5, 5.41) is 7.96. The number of nitrogens with one attached hydrogen (secondary N) is 1. The zero-order valence-electron chi connectivity index (χ0n) is 6.06. The minimum atomic E-state index is 0.438. The highest BCUT2D eigenvalue weighted by Crippen LogP contribution is 2.13. The number of halogens is 1. The molecule has 11 heavy (non-hydrogen) atoms. The molecule has 0 spiro atoms. The van der Waals surface area contributed by atoms with Gasteiger partial charge in [0.15, 0.2) is 0 Å². The van der Waals surface area contributed by atoms with E-state index in [1.807, 2.05) is 0 Å². The van der Waals surface area contributed by atoms with E-state index in [4.69, 9.17) is 17.0 Å². The van der Waals surface area contributed by atoms with Crippen LogP contribution in [0, 0.1) is 5.41 Å². The van der Waals surface area contributed by atoms with Crippen molar-refractivity contribution in [2.45, 2.75) is 6.92 Å². The fraction of sp³-hybridized carbons (Fsp3) is 0.143. The number of hydrogen-bond acceptors (Lipinski definition) is 2. The van der Waals surface area contributed by atoms with Gasteiger partial charge in [0.1, 0.15) is 0 Å². The smallest absolute Gasteiger partial charge is 0.0673 e. The van der Waals surface area contributed by atoms with Gasteiger partial charge >= 0.3 is 0 Å². The highest BCUT2D eigenvalue weighted by atomic mass is 35.5. The van der Waals surface area contributed by atoms with E-state index in [9.17, 15) is 0 Å². The highest BCUT2D eigenvalue weighted by molar-refractivity contribution is 7.27. The summed E-state index contributed by atoms with van der Waals surface area (Å²) >= 11 is 5.83. The number of nitrogens with zero attached hydrogens (tertiary/aromatic N) is 1. The second-order valence-corrected chi connectivity index (χ2v) is 3.13. The lowest BCUT2D eigenvalue weighted by atomic mass is 10.2. The van der Waals surface area contributed by atoms with Gasteiger partial charge in [-0.1, -0.05) is 20.8 Å². The first kappa shape index (κ1) is 8.63. The summed E-state index contributed by atoms with van der Waals surface area (Å²) in [5.41, 5.74) is 1.87. The molecule has 1 atom stereocenters. The van der Waals surface area contributed by atoms with Crippen LogP contribution in [0.5, 0.6) is 0 Å². The first-order valence-corrected chi connectivity index (χ1v) is 4.04. The van der Waals surface area contributed by atoms with Gasteiger partial charge in [0.05, 0.1) is 10.5 Å². The summed E-state index contributed by atoms with van der Waals surface area (Å²) in [6.45, 7) is 1.69. The second kappa shape index (κ2) is 3.29. The summed E-state index contributed by atoms with van der Waals surface area (Å²) < 4.78 is 0. The maximum Gasteiger partial charge on any atom is 0.0673 e. The maximum atomic E-state index is 7.38. The zero-order valence-corrected chi connectivity index (χ0v) is 7.97. The van der Waals surface area contributed by atoms with Gasteiger partial charge in [-0.2, -0.15) is 0 Å². The molecule has 2 nitrogen and oxygen atoms in total. The van der Waals surface area contributed by atoms with Gasteiger partial charge in [0.2, 0.25) is 0 Å². The number of pyridine rings is 1. The molecule has 0 fully saturated rings. The van der Waals surface area contributed by atoms with E-state index in [0.29, 0.717) is 16.3 Å². The molecule has 4 heteroatoms. The molecule has 0 aliphatic carbocycles. The van der Waals surface area contributed by atoms with Crippen LogP contribution in [0.3, 0.4) is 0 Å². The van der Waals surface area contributed by atoms with E-state index in [1.165, 1.54) is 0 Å². The van der Waals surface area contributed by atoms with E-state index in [2.05, 4.69) is 14.2 Å². The molecule has 0 saturated heterocycles. The molecule has 0 aromatic carbocycles. The van der Waals surface area contributed by atoms with Crippen molar-refractivity contribution in [2.24, 2.45) is 0 Å².